The second-order valence-electron chi connectivity index (χ2n) is 4.73. The largest absolute Gasteiger partial charge is 0.507 e. The zero-order valence-electron chi connectivity index (χ0n) is 11.6. The number of nitrogens with one attached hydrogen (secondary N) is 2. The second kappa shape index (κ2) is 7.93. The first-order chi connectivity index (χ1) is 9.49. The molecule has 108 valence electrons. The van der Waals surface area contributed by atoms with Gasteiger partial charge in [-0.1, -0.05) is 26.0 Å². The van der Waals surface area contributed by atoms with E-state index < -0.39 is 5.91 Å². The van der Waals surface area contributed by atoms with Gasteiger partial charge in [0.15, 0.2) is 0 Å². The minimum absolute atomic E-state index is 0.0696. The third-order valence-corrected chi connectivity index (χ3v) is 2.36. The van der Waals surface area contributed by atoms with E-state index in [2.05, 4.69) is 15.8 Å². The monoisotopic (exact) mass is 277 g/mol. The van der Waals surface area contributed by atoms with Crippen molar-refractivity contribution >= 4 is 18.0 Å². The Morgan fingerprint density at radius 1 is 1.30 bits per heavy atom. The standard InChI is InChI=1S/C14H19N3O3/c1-10(2)8-15-13(19)7-14(20)17-16-9-11-5-3-4-6-12(11)18/h3-6,9-10,18H,7-8H2,1-2H3,(H,15,19)(H,17,20)/b16-9+. The van der Waals surface area contributed by atoms with E-state index in [0.717, 1.165) is 0 Å². The fourth-order valence-corrected chi connectivity index (χ4v) is 1.34. The molecule has 0 heterocycles. The first-order valence-electron chi connectivity index (χ1n) is 6.35. The lowest BCUT2D eigenvalue weighted by atomic mass is 10.2. The van der Waals surface area contributed by atoms with Gasteiger partial charge >= 0.3 is 0 Å². The maximum atomic E-state index is 11.4. The quantitative estimate of drug-likeness (QED) is 0.411. The predicted octanol–water partition coefficient (Wildman–Crippen LogP) is 1.00. The molecule has 0 unspecified atom stereocenters. The number of hydrogen-bond donors (Lipinski definition) is 3. The summed E-state index contributed by atoms with van der Waals surface area (Å²) in [7, 11) is 0. The number of nitrogens with zero attached hydrogens (tertiary/aromatic N) is 1. The number of amides is 2. The molecule has 0 bridgehead atoms. The molecule has 20 heavy (non-hydrogen) atoms. The summed E-state index contributed by atoms with van der Waals surface area (Å²) in [5.41, 5.74) is 2.72. The van der Waals surface area contributed by atoms with Crippen LogP contribution in [0.5, 0.6) is 5.75 Å². The van der Waals surface area contributed by atoms with Gasteiger partial charge in [0.25, 0.3) is 0 Å². The molecule has 0 saturated heterocycles. The molecule has 0 aliphatic heterocycles. The Labute approximate surface area is 117 Å². The zero-order valence-corrected chi connectivity index (χ0v) is 11.6. The van der Waals surface area contributed by atoms with Crippen molar-refractivity contribution in [3.05, 3.63) is 29.8 Å². The van der Waals surface area contributed by atoms with Crippen LogP contribution < -0.4 is 10.7 Å². The number of phenolic OH excluding ortho intramolecular Hbond substituents is 1. The Morgan fingerprint density at radius 2 is 2.00 bits per heavy atom. The summed E-state index contributed by atoms with van der Waals surface area (Å²) in [5.74, 6) is -0.437. The Kier molecular flexibility index (Phi) is 6.22. The van der Waals surface area contributed by atoms with Gasteiger partial charge < -0.3 is 10.4 Å². The van der Waals surface area contributed by atoms with Gasteiger partial charge in [0.2, 0.25) is 11.8 Å². The smallest absolute Gasteiger partial charge is 0.249 e. The molecule has 0 fully saturated rings. The van der Waals surface area contributed by atoms with Crippen LogP contribution in [0.15, 0.2) is 29.4 Å². The highest BCUT2D eigenvalue weighted by molar-refractivity contribution is 5.97. The summed E-state index contributed by atoms with van der Waals surface area (Å²) < 4.78 is 0. The van der Waals surface area contributed by atoms with Crippen LogP contribution in [0, 0.1) is 5.92 Å². The topological polar surface area (TPSA) is 90.8 Å². The highest BCUT2D eigenvalue weighted by Crippen LogP contribution is 2.12. The van der Waals surface area contributed by atoms with Gasteiger partial charge in [-0.15, -0.1) is 0 Å². The molecular weight excluding hydrogens is 258 g/mol. The van der Waals surface area contributed by atoms with Crippen LogP contribution in [0.4, 0.5) is 0 Å². The summed E-state index contributed by atoms with van der Waals surface area (Å²) in [5, 5.41) is 15.8. The van der Waals surface area contributed by atoms with E-state index in [0.29, 0.717) is 18.0 Å². The van der Waals surface area contributed by atoms with Crippen molar-refractivity contribution in [3.63, 3.8) is 0 Å². The van der Waals surface area contributed by atoms with Gasteiger partial charge in [0.1, 0.15) is 12.2 Å². The molecule has 6 nitrogen and oxygen atoms in total. The molecular formula is C14H19N3O3. The number of hydrogen-bond acceptors (Lipinski definition) is 4. The van der Waals surface area contributed by atoms with Gasteiger partial charge in [0, 0.05) is 12.1 Å². The van der Waals surface area contributed by atoms with Crippen molar-refractivity contribution < 1.29 is 14.7 Å². The lowest BCUT2D eigenvalue weighted by Crippen LogP contribution is -2.32. The first-order valence-corrected chi connectivity index (χ1v) is 6.35. The van der Waals surface area contributed by atoms with Gasteiger partial charge in [0.05, 0.1) is 6.21 Å². The highest BCUT2D eigenvalue weighted by Gasteiger charge is 2.08. The number of rotatable bonds is 6. The lowest BCUT2D eigenvalue weighted by molar-refractivity contribution is -0.129. The highest BCUT2D eigenvalue weighted by atomic mass is 16.3. The Bertz CT molecular complexity index is 498. The lowest BCUT2D eigenvalue weighted by Gasteiger charge is -2.06. The van der Waals surface area contributed by atoms with E-state index in [1.807, 2.05) is 13.8 Å². The molecule has 0 radical (unpaired) electrons. The molecule has 6 heteroatoms. The molecule has 0 aliphatic rings. The summed E-state index contributed by atoms with van der Waals surface area (Å²) in [6.07, 6.45) is 1.05. The van der Waals surface area contributed by atoms with Crippen molar-refractivity contribution in [2.75, 3.05) is 6.54 Å². The summed E-state index contributed by atoms with van der Waals surface area (Å²) >= 11 is 0. The third-order valence-electron chi connectivity index (χ3n) is 2.36. The van der Waals surface area contributed by atoms with Crippen molar-refractivity contribution in [3.8, 4) is 5.75 Å². The van der Waals surface area contributed by atoms with Gasteiger partial charge in [-0.05, 0) is 18.1 Å². The summed E-state index contributed by atoms with van der Waals surface area (Å²) in [6, 6.07) is 6.59. The Balaban J connectivity index is 2.36. The van der Waals surface area contributed by atoms with E-state index in [1.165, 1.54) is 12.3 Å². The van der Waals surface area contributed by atoms with E-state index in [-0.39, 0.29) is 18.1 Å². The van der Waals surface area contributed by atoms with Crippen LogP contribution in [-0.2, 0) is 9.59 Å². The molecule has 2 amide bonds. The molecule has 1 aromatic rings. The summed E-state index contributed by atoms with van der Waals surface area (Å²) in [6.45, 7) is 4.47. The van der Waals surface area contributed by atoms with Crippen LogP contribution in [0.25, 0.3) is 0 Å². The molecule has 0 aliphatic carbocycles. The Hall–Kier alpha value is -2.37. The number of phenols is 1. The number of carbonyl (C=O) groups is 2. The SMILES string of the molecule is CC(C)CNC(=O)CC(=O)N/N=C/c1ccccc1O. The van der Waals surface area contributed by atoms with E-state index in [9.17, 15) is 14.7 Å². The second-order valence-corrected chi connectivity index (χ2v) is 4.73. The number of aromatic hydroxyl groups is 1. The Morgan fingerprint density at radius 3 is 2.65 bits per heavy atom. The van der Waals surface area contributed by atoms with Crippen LogP contribution in [0.1, 0.15) is 25.8 Å². The number of carbonyl (C=O) groups excluding carboxylic acids is 2. The molecule has 0 saturated carbocycles. The van der Waals surface area contributed by atoms with Crippen molar-refractivity contribution in [2.24, 2.45) is 11.0 Å². The first kappa shape index (κ1) is 15.7. The molecule has 0 spiro atoms. The van der Waals surface area contributed by atoms with Crippen molar-refractivity contribution in [1.29, 1.82) is 0 Å². The van der Waals surface area contributed by atoms with Crippen molar-refractivity contribution in [1.82, 2.24) is 10.7 Å². The number of para-hydroxylation sites is 1. The maximum Gasteiger partial charge on any atom is 0.249 e. The van der Waals surface area contributed by atoms with Crippen LogP contribution in [0.2, 0.25) is 0 Å². The third kappa shape index (κ3) is 5.99. The van der Waals surface area contributed by atoms with Crippen LogP contribution >= 0.6 is 0 Å². The zero-order chi connectivity index (χ0) is 15.0. The number of benzene rings is 1. The minimum atomic E-state index is -0.502. The fraction of sp³-hybridized carbons (Fsp3) is 0.357. The fourth-order valence-electron chi connectivity index (χ4n) is 1.34. The van der Waals surface area contributed by atoms with Gasteiger partial charge in [-0.25, -0.2) is 5.43 Å². The molecule has 3 N–H and O–H groups in total. The molecule has 0 atom stereocenters. The molecule has 1 aromatic carbocycles. The van der Waals surface area contributed by atoms with Crippen LogP contribution in [0.3, 0.4) is 0 Å². The van der Waals surface area contributed by atoms with Gasteiger partial charge in [-0.3, -0.25) is 9.59 Å². The average Bonchev–Trinajstić information content (AvgIpc) is 2.38. The van der Waals surface area contributed by atoms with Crippen LogP contribution in [-0.4, -0.2) is 29.7 Å². The maximum absolute atomic E-state index is 11.4. The average molecular weight is 277 g/mol. The van der Waals surface area contributed by atoms with Gasteiger partial charge in [-0.2, -0.15) is 5.10 Å². The van der Waals surface area contributed by atoms with E-state index in [4.69, 9.17) is 0 Å². The molecule has 0 aromatic heterocycles. The summed E-state index contributed by atoms with van der Waals surface area (Å²) in [4.78, 5) is 22.8. The van der Waals surface area contributed by atoms with Crippen molar-refractivity contribution in [2.45, 2.75) is 20.3 Å². The molecule has 1 rings (SSSR count). The minimum Gasteiger partial charge on any atom is -0.507 e. The van der Waals surface area contributed by atoms with E-state index >= 15 is 0 Å². The predicted molar refractivity (Wildman–Crippen MR) is 76.3 cm³/mol. The van der Waals surface area contributed by atoms with E-state index in [1.54, 1.807) is 18.2 Å². The number of hydrazone groups is 1. The normalized spacial score (nSPS) is 10.8.